The molecule has 1 fully saturated rings. The first-order valence-electron chi connectivity index (χ1n) is 6.94. The third-order valence-electron chi connectivity index (χ3n) is 3.34. The highest BCUT2D eigenvalue weighted by Gasteiger charge is 2.16. The van der Waals surface area contributed by atoms with Crippen LogP contribution < -0.4 is 10.1 Å². The van der Waals surface area contributed by atoms with Crippen LogP contribution in [0.5, 0.6) is 5.75 Å². The van der Waals surface area contributed by atoms with Crippen LogP contribution in [-0.4, -0.2) is 39.1 Å². The van der Waals surface area contributed by atoms with Crippen molar-refractivity contribution in [1.29, 1.82) is 0 Å². The lowest BCUT2D eigenvalue weighted by molar-refractivity contribution is 0.0322. The summed E-state index contributed by atoms with van der Waals surface area (Å²) in [5, 5.41) is 3.35. The summed E-state index contributed by atoms with van der Waals surface area (Å²) in [5.74, 6) is -0.0647. The van der Waals surface area contributed by atoms with Crippen molar-refractivity contribution in [3.05, 3.63) is 29.6 Å². The molecule has 1 aliphatic heterocycles. The molecule has 0 aliphatic carbocycles. The molecule has 2 unspecified atom stereocenters. The Morgan fingerprint density at radius 3 is 3.05 bits per heavy atom. The summed E-state index contributed by atoms with van der Waals surface area (Å²) in [6, 6.07) is 5.11. The largest absolute Gasteiger partial charge is 0.494 e. The minimum absolute atomic E-state index is 0.227. The van der Waals surface area contributed by atoms with E-state index in [9.17, 15) is 4.39 Å². The van der Waals surface area contributed by atoms with Crippen LogP contribution in [0.15, 0.2) is 18.2 Å². The number of nitrogens with one attached hydrogen (secondary N) is 1. The van der Waals surface area contributed by atoms with Gasteiger partial charge in [0.2, 0.25) is 0 Å². The standard InChI is InChI=1S/C15H22FNO3/c1-11(9-20-13-5-6-19-10-13)17-8-12-3-4-14(16)15(7-12)18-2/h3-4,7,11,13,17H,5-6,8-10H2,1-2H3. The Labute approximate surface area is 119 Å². The predicted molar refractivity (Wildman–Crippen MR) is 74.4 cm³/mol. The molecule has 1 aromatic carbocycles. The Balaban J connectivity index is 1.73. The van der Waals surface area contributed by atoms with Crippen LogP contribution in [0.3, 0.4) is 0 Å². The number of halogens is 1. The molecule has 1 aliphatic rings. The van der Waals surface area contributed by atoms with Crippen molar-refractivity contribution in [2.45, 2.75) is 32.0 Å². The summed E-state index contributed by atoms with van der Waals surface area (Å²) in [6.45, 7) is 4.86. The third kappa shape index (κ3) is 4.44. The highest BCUT2D eigenvalue weighted by atomic mass is 19.1. The number of methoxy groups -OCH3 is 1. The minimum atomic E-state index is -0.339. The Kier molecular flexibility index (Phi) is 5.76. The predicted octanol–water partition coefficient (Wildman–Crippen LogP) is 2.12. The second-order valence-corrected chi connectivity index (χ2v) is 5.07. The van der Waals surface area contributed by atoms with Crippen LogP contribution in [0.2, 0.25) is 0 Å². The van der Waals surface area contributed by atoms with Crippen molar-refractivity contribution < 1.29 is 18.6 Å². The van der Waals surface area contributed by atoms with Gasteiger partial charge in [0.15, 0.2) is 11.6 Å². The highest BCUT2D eigenvalue weighted by Crippen LogP contribution is 2.18. The molecule has 20 heavy (non-hydrogen) atoms. The molecule has 4 nitrogen and oxygen atoms in total. The minimum Gasteiger partial charge on any atom is -0.494 e. The van der Waals surface area contributed by atoms with Gasteiger partial charge in [0.1, 0.15) is 0 Å². The molecule has 0 saturated carbocycles. The summed E-state index contributed by atoms with van der Waals surface area (Å²) in [5.41, 5.74) is 0.985. The SMILES string of the molecule is COc1cc(CNC(C)COC2CCOC2)ccc1F. The van der Waals surface area contributed by atoms with Crippen LogP contribution in [0.25, 0.3) is 0 Å². The molecule has 1 saturated heterocycles. The zero-order valence-electron chi connectivity index (χ0n) is 12.0. The van der Waals surface area contributed by atoms with E-state index in [2.05, 4.69) is 12.2 Å². The quantitative estimate of drug-likeness (QED) is 0.832. The lowest BCUT2D eigenvalue weighted by Crippen LogP contribution is -2.32. The van der Waals surface area contributed by atoms with Crippen molar-refractivity contribution in [2.75, 3.05) is 26.9 Å². The molecule has 112 valence electrons. The zero-order valence-corrected chi connectivity index (χ0v) is 12.0. The van der Waals surface area contributed by atoms with Gasteiger partial charge in [-0.05, 0) is 31.0 Å². The van der Waals surface area contributed by atoms with E-state index in [-0.39, 0.29) is 23.7 Å². The molecule has 0 amide bonds. The van der Waals surface area contributed by atoms with E-state index >= 15 is 0 Å². The van der Waals surface area contributed by atoms with Gasteiger partial charge in [-0.25, -0.2) is 4.39 Å². The van der Waals surface area contributed by atoms with E-state index in [0.717, 1.165) is 18.6 Å². The summed E-state index contributed by atoms with van der Waals surface area (Å²) >= 11 is 0. The molecule has 0 spiro atoms. The fraction of sp³-hybridized carbons (Fsp3) is 0.600. The molecule has 1 aromatic rings. The summed E-state index contributed by atoms with van der Waals surface area (Å²) in [7, 11) is 1.47. The maximum atomic E-state index is 13.3. The van der Waals surface area contributed by atoms with Crippen LogP contribution in [0, 0.1) is 5.82 Å². The van der Waals surface area contributed by atoms with E-state index < -0.39 is 0 Å². The normalized spacial score (nSPS) is 20.1. The Morgan fingerprint density at radius 2 is 2.35 bits per heavy atom. The second kappa shape index (κ2) is 7.57. The molecule has 1 heterocycles. The average molecular weight is 283 g/mol. The van der Waals surface area contributed by atoms with Crippen LogP contribution in [-0.2, 0) is 16.0 Å². The zero-order chi connectivity index (χ0) is 14.4. The van der Waals surface area contributed by atoms with Crippen molar-refractivity contribution in [1.82, 2.24) is 5.32 Å². The van der Waals surface area contributed by atoms with Gasteiger partial charge in [-0.3, -0.25) is 0 Å². The highest BCUT2D eigenvalue weighted by molar-refractivity contribution is 5.30. The van der Waals surface area contributed by atoms with E-state index in [1.807, 2.05) is 0 Å². The van der Waals surface area contributed by atoms with Gasteiger partial charge in [0.05, 0.1) is 26.4 Å². The van der Waals surface area contributed by atoms with Gasteiger partial charge in [-0.1, -0.05) is 6.07 Å². The third-order valence-corrected chi connectivity index (χ3v) is 3.34. The molecule has 0 radical (unpaired) electrons. The number of benzene rings is 1. The van der Waals surface area contributed by atoms with Crippen LogP contribution in [0.1, 0.15) is 18.9 Å². The molecule has 2 atom stereocenters. The van der Waals surface area contributed by atoms with Crippen molar-refractivity contribution in [2.24, 2.45) is 0 Å². The lowest BCUT2D eigenvalue weighted by atomic mass is 10.2. The average Bonchev–Trinajstić information content (AvgIpc) is 2.97. The fourth-order valence-corrected chi connectivity index (χ4v) is 2.09. The first kappa shape index (κ1) is 15.2. The van der Waals surface area contributed by atoms with Crippen LogP contribution >= 0.6 is 0 Å². The van der Waals surface area contributed by atoms with Gasteiger partial charge < -0.3 is 19.5 Å². The molecular weight excluding hydrogens is 261 g/mol. The lowest BCUT2D eigenvalue weighted by Gasteiger charge is -2.17. The molecule has 1 N–H and O–H groups in total. The Bertz CT molecular complexity index is 422. The Morgan fingerprint density at radius 1 is 1.50 bits per heavy atom. The molecular formula is C15H22FNO3. The monoisotopic (exact) mass is 283 g/mol. The Hall–Kier alpha value is -1.17. The molecule has 0 bridgehead atoms. The van der Waals surface area contributed by atoms with Gasteiger partial charge in [0.25, 0.3) is 0 Å². The fourth-order valence-electron chi connectivity index (χ4n) is 2.09. The summed E-state index contributed by atoms with van der Waals surface area (Å²) in [4.78, 5) is 0. The number of ether oxygens (including phenoxy) is 3. The summed E-state index contributed by atoms with van der Waals surface area (Å²) < 4.78 is 29.3. The number of rotatable bonds is 7. The van der Waals surface area contributed by atoms with E-state index in [0.29, 0.717) is 19.8 Å². The number of hydrogen-bond acceptors (Lipinski definition) is 4. The van der Waals surface area contributed by atoms with Crippen molar-refractivity contribution in [3.63, 3.8) is 0 Å². The van der Waals surface area contributed by atoms with E-state index in [4.69, 9.17) is 14.2 Å². The topological polar surface area (TPSA) is 39.7 Å². The van der Waals surface area contributed by atoms with Gasteiger partial charge in [0, 0.05) is 19.2 Å². The van der Waals surface area contributed by atoms with Crippen molar-refractivity contribution >= 4 is 0 Å². The van der Waals surface area contributed by atoms with Crippen LogP contribution in [0.4, 0.5) is 4.39 Å². The first-order valence-corrected chi connectivity index (χ1v) is 6.94. The summed E-state index contributed by atoms with van der Waals surface area (Å²) in [6.07, 6.45) is 1.20. The van der Waals surface area contributed by atoms with Gasteiger partial charge >= 0.3 is 0 Å². The second-order valence-electron chi connectivity index (χ2n) is 5.07. The molecule has 0 aromatic heterocycles. The first-order chi connectivity index (χ1) is 9.69. The van der Waals surface area contributed by atoms with Crippen molar-refractivity contribution in [3.8, 4) is 5.75 Å². The van der Waals surface area contributed by atoms with Gasteiger partial charge in [-0.15, -0.1) is 0 Å². The maximum Gasteiger partial charge on any atom is 0.165 e. The van der Waals surface area contributed by atoms with E-state index in [1.165, 1.54) is 13.2 Å². The maximum absolute atomic E-state index is 13.3. The van der Waals surface area contributed by atoms with Gasteiger partial charge in [-0.2, -0.15) is 0 Å². The molecule has 2 rings (SSSR count). The molecule has 5 heteroatoms. The number of hydrogen-bond donors (Lipinski definition) is 1. The van der Waals surface area contributed by atoms with E-state index in [1.54, 1.807) is 12.1 Å². The smallest absolute Gasteiger partial charge is 0.165 e.